The summed E-state index contributed by atoms with van der Waals surface area (Å²) in [6.45, 7) is 0.454. The molecule has 0 spiro atoms. The lowest BCUT2D eigenvalue weighted by Gasteiger charge is -2.10. The molecular weight excluding hydrogens is 264 g/mol. The first-order valence-electron chi connectivity index (χ1n) is 6.63. The zero-order valence-electron chi connectivity index (χ0n) is 11.3. The maximum Gasteiger partial charge on any atom is 0.258 e. The lowest BCUT2D eigenvalue weighted by Crippen LogP contribution is -2.09. The van der Waals surface area contributed by atoms with E-state index in [1.165, 1.54) is 6.33 Å². The zero-order chi connectivity index (χ0) is 14.5. The topological polar surface area (TPSA) is 55.0 Å². The Kier molecular flexibility index (Phi) is 3.78. The van der Waals surface area contributed by atoms with Crippen molar-refractivity contribution < 1.29 is 4.74 Å². The lowest BCUT2D eigenvalue weighted by atomic mass is 10.1. The number of benzene rings is 2. The predicted octanol–water partition coefficient (Wildman–Crippen LogP) is 3.02. The molecule has 0 aliphatic carbocycles. The molecule has 3 rings (SSSR count). The van der Waals surface area contributed by atoms with Gasteiger partial charge in [-0.2, -0.15) is 0 Å². The van der Waals surface area contributed by atoms with Crippen molar-refractivity contribution in [2.45, 2.75) is 6.61 Å². The SMILES string of the molecule is O=c1[nH]cncc1-c1ccccc1OCc1ccccc1. The van der Waals surface area contributed by atoms with Crippen molar-refractivity contribution in [3.05, 3.63) is 83.0 Å². The van der Waals surface area contributed by atoms with Crippen LogP contribution in [0.5, 0.6) is 5.75 Å². The Balaban J connectivity index is 1.90. The summed E-state index contributed by atoms with van der Waals surface area (Å²) in [7, 11) is 0. The summed E-state index contributed by atoms with van der Waals surface area (Å²) in [5.74, 6) is 0.667. The van der Waals surface area contributed by atoms with Crippen LogP contribution in [0.3, 0.4) is 0 Å². The van der Waals surface area contributed by atoms with Crippen LogP contribution in [0.2, 0.25) is 0 Å². The highest BCUT2D eigenvalue weighted by Gasteiger charge is 2.09. The predicted molar refractivity (Wildman–Crippen MR) is 81.1 cm³/mol. The van der Waals surface area contributed by atoms with Crippen LogP contribution in [0.15, 0.2) is 71.9 Å². The Morgan fingerprint density at radius 1 is 0.952 bits per heavy atom. The molecule has 0 aliphatic heterocycles. The molecule has 1 N–H and O–H groups in total. The molecule has 21 heavy (non-hydrogen) atoms. The van der Waals surface area contributed by atoms with Crippen molar-refractivity contribution in [2.24, 2.45) is 0 Å². The first-order chi connectivity index (χ1) is 10.3. The van der Waals surface area contributed by atoms with Crippen LogP contribution < -0.4 is 10.3 Å². The Labute approximate surface area is 122 Å². The molecule has 1 aromatic heterocycles. The second-order valence-corrected chi connectivity index (χ2v) is 4.56. The fourth-order valence-electron chi connectivity index (χ4n) is 2.09. The van der Waals surface area contributed by atoms with Gasteiger partial charge in [0.15, 0.2) is 0 Å². The molecule has 0 atom stereocenters. The van der Waals surface area contributed by atoms with Gasteiger partial charge in [0.25, 0.3) is 5.56 Å². The van der Waals surface area contributed by atoms with Gasteiger partial charge in [-0.15, -0.1) is 0 Å². The van der Waals surface area contributed by atoms with E-state index >= 15 is 0 Å². The average molecular weight is 278 g/mol. The van der Waals surface area contributed by atoms with Crippen molar-refractivity contribution in [3.63, 3.8) is 0 Å². The van der Waals surface area contributed by atoms with Gasteiger partial charge in [0.05, 0.1) is 11.9 Å². The van der Waals surface area contributed by atoms with E-state index in [0.29, 0.717) is 17.9 Å². The molecule has 2 aromatic carbocycles. The minimum absolute atomic E-state index is 0.180. The fourth-order valence-corrected chi connectivity index (χ4v) is 2.09. The number of aromatic nitrogens is 2. The van der Waals surface area contributed by atoms with Gasteiger partial charge in [0.2, 0.25) is 0 Å². The first-order valence-corrected chi connectivity index (χ1v) is 6.63. The minimum atomic E-state index is -0.180. The third-order valence-electron chi connectivity index (χ3n) is 3.13. The molecule has 0 bridgehead atoms. The monoisotopic (exact) mass is 278 g/mol. The number of rotatable bonds is 4. The van der Waals surface area contributed by atoms with E-state index in [2.05, 4.69) is 9.97 Å². The van der Waals surface area contributed by atoms with E-state index in [0.717, 1.165) is 11.1 Å². The highest BCUT2D eigenvalue weighted by atomic mass is 16.5. The highest BCUT2D eigenvalue weighted by molar-refractivity contribution is 5.68. The van der Waals surface area contributed by atoms with Crippen LogP contribution in [0.1, 0.15) is 5.56 Å². The third-order valence-corrected chi connectivity index (χ3v) is 3.13. The van der Waals surface area contributed by atoms with Crippen molar-refractivity contribution in [1.29, 1.82) is 0 Å². The fraction of sp³-hybridized carbons (Fsp3) is 0.0588. The summed E-state index contributed by atoms with van der Waals surface area (Å²) in [4.78, 5) is 18.4. The molecule has 4 heteroatoms. The van der Waals surface area contributed by atoms with Gasteiger partial charge in [-0.1, -0.05) is 48.5 Å². The van der Waals surface area contributed by atoms with Gasteiger partial charge in [0, 0.05) is 11.8 Å². The molecule has 0 saturated carbocycles. The molecule has 4 nitrogen and oxygen atoms in total. The molecule has 104 valence electrons. The van der Waals surface area contributed by atoms with E-state index in [4.69, 9.17) is 4.74 Å². The van der Waals surface area contributed by atoms with Gasteiger partial charge < -0.3 is 9.72 Å². The number of nitrogens with zero attached hydrogens (tertiary/aromatic N) is 1. The highest BCUT2D eigenvalue weighted by Crippen LogP contribution is 2.27. The van der Waals surface area contributed by atoms with Gasteiger partial charge in [-0.25, -0.2) is 4.98 Å². The lowest BCUT2D eigenvalue weighted by molar-refractivity contribution is 0.307. The van der Waals surface area contributed by atoms with E-state index in [1.54, 1.807) is 6.20 Å². The Morgan fingerprint density at radius 2 is 1.71 bits per heavy atom. The molecule has 0 saturated heterocycles. The number of para-hydroxylation sites is 1. The third kappa shape index (κ3) is 3.00. The molecule has 1 heterocycles. The van der Waals surface area contributed by atoms with Crippen LogP contribution in [0, 0.1) is 0 Å². The number of aromatic amines is 1. The molecule has 0 aliphatic rings. The summed E-state index contributed by atoms with van der Waals surface area (Å²) in [6, 6.07) is 17.4. The quantitative estimate of drug-likeness (QED) is 0.798. The number of ether oxygens (including phenoxy) is 1. The van der Waals surface area contributed by atoms with E-state index in [-0.39, 0.29) is 5.56 Å². The smallest absolute Gasteiger partial charge is 0.258 e. The van der Waals surface area contributed by atoms with Crippen LogP contribution >= 0.6 is 0 Å². The molecule has 0 fully saturated rings. The van der Waals surface area contributed by atoms with Crippen molar-refractivity contribution in [2.75, 3.05) is 0 Å². The Morgan fingerprint density at radius 3 is 2.52 bits per heavy atom. The van der Waals surface area contributed by atoms with E-state index in [1.807, 2.05) is 54.6 Å². The first kappa shape index (κ1) is 13.1. The number of hydrogen-bond donors (Lipinski definition) is 1. The maximum atomic E-state index is 11.9. The molecule has 0 unspecified atom stereocenters. The zero-order valence-corrected chi connectivity index (χ0v) is 11.3. The van der Waals surface area contributed by atoms with Crippen LogP contribution in [-0.2, 0) is 6.61 Å². The Hall–Kier alpha value is -2.88. The second kappa shape index (κ2) is 6.05. The summed E-state index contributed by atoms with van der Waals surface area (Å²) in [6.07, 6.45) is 2.92. The minimum Gasteiger partial charge on any atom is -0.488 e. The molecule has 0 amide bonds. The molecule has 0 radical (unpaired) electrons. The summed E-state index contributed by atoms with van der Waals surface area (Å²) < 4.78 is 5.85. The number of H-pyrrole nitrogens is 1. The summed E-state index contributed by atoms with van der Waals surface area (Å²) in [5, 5.41) is 0. The normalized spacial score (nSPS) is 10.3. The number of hydrogen-bond acceptors (Lipinski definition) is 3. The maximum absolute atomic E-state index is 11.9. The molecule has 3 aromatic rings. The number of nitrogens with one attached hydrogen (secondary N) is 1. The average Bonchev–Trinajstić information content (AvgIpc) is 2.55. The van der Waals surface area contributed by atoms with Gasteiger partial charge in [0.1, 0.15) is 12.4 Å². The van der Waals surface area contributed by atoms with E-state index < -0.39 is 0 Å². The van der Waals surface area contributed by atoms with Gasteiger partial charge >= 0.3 is 0 Å². The van der Waals surface area contributed by atoms with Crippen LogP contribution in [0.4, 0.5) is 0 Å². The van der Waals surface area contributed by atoms with Crippen molar-refractivity contribution in [1.82, 2.24) is 9.97 Å². The Bertz CT molecular complexity index is 782. The standard InChI is InChI=1S/C17H14N2O2/c20-17-15(10-18-12-19-17)14-8-4-5-9-16(14)21-11-13-6-2-1-3-7-13/h1-10,12H,11H2,(H,18,19,20). The van der Waals surface area contributed by atoms with Gasteiger partial charge in [-0.3, -0.25) is 4.79 Å². The van der Waals surface area contributed by atoms with Crippen molar-refractivity contribution >= 4 is 0 Å². The summed E-state index contributed by atoms with van der Waals surface area (Å²) >= 11 is 0. The largest absolute Gasteiger partial charge is 0.488 e. The van der Waals surface area contributed by atoms with E-state index in [9.17, 15) is 4.79 Å². The van der Waals surface area contributed by atoms with Gasteiger partial charge in [-0.05, 0) is 11.6 Å². The van der Waals surface area contributed by atoms with Crippen LogP contribution in [0.25, 0.3) is 11.1 Å². The molecular formula is C17H14N2O2. The summed E-state index contributed by atoms with van der Waals surface area (Å²) in [5.41, 5.74) is 2.14. The van der Waals surface area contributed by atoms with Crippen LogP contribution in [-0.4, -0.2) is 9.97 Å². The van der Waals surface area contributed by atoms with Crippen molar-refractivity contribution in [3.8, 4) is 16.9 Å². The second-order valence-electron chi connectivity index (χ2n) is 4.56.